The van der Waals surface area contributed by atoms with Gasteiger partial charge < -0.3 is 14.2 Å². The van der Waals surface area contributed by atoms with Crippen LogP contribution in [0.2, 0.25) is 0 Å². The summed E-state index contributed by atoms with van der Waals surface area (Å²) in [6.45, 7) is 2.51. The molecule has 1 aliphatic heterocycles. The first kappa shape index (κ1) is 21.5. The van der Waals surface area contributed by atoms with Gasteiger partial charge in [0.2, 0.25) is 5.78 Å². The number of alkyl halides is 3. The van der Waals surface area contributed by atoms with Crippen LogP contribution in [0.4, 0.5) is 13.2 Å². The van der Waals surface area contributed by atoms with Gasteiger partial charge >= 0.3 is 6.18 Å². The van der Waals surface area contributed by atoms with Crippen LogP contribution >= 0.6 is 0 Å². The Morgan fingerprint density at radius 3 is 2.41 bits per heavy atom. The van der Waals surface area contributed by atoms with Crippen molar-refractivity contribution in [1.82, 2.24) is 0 Å². The van der Waals surface area contributed by atoms with Crippen molar-refractivity contribution in [2.75, 3.05) is 6.61 Å². The van der Waals surface area contributed by atoms with E-state index in [1.165, 1.54) is 12.1 Å². The first-order chi connectivity index (χ1) is 15.3. The van der Waals surface area contributed by atoms with E-state index in [0.717, 1.165) is 17.7 Å². The van der Waals surface area contributed by atoms with Gasteiger partial charge in [0.05, 0.1) is 17.7 Å². The minimum atomic E-state index is -4.38. The number of fused-ring (bicyclic) bond motifs is 1. The highest BCUT2D eigenvalue weighted by Crippen LogP contribution is 2.35. The first-order valence-electron chi connectivity index (χ1n) is 9.93. The van der Waals surface area contributed by atoms with Crippen LogP contribution in [-0.4, -0.2) is 12.4 Å². The molecule has 3 aromatic rings. The summed E-state index contributed by atoms with van der Waals surface area (Å²) in [5.74, 6) is 1.46. The molecule has 0 unspecified atom stereocenters. The van der Waals surface area contributed by atoms with Crippen molar-refractivity contribution >= 4 is 11.9 Å². The van der Waals surface area contributed by atoms with E-state index in [0.29, 0.717) is 35.0 Å². The minimum Gasteiger partial charge on any atom is -0.494 e. The fraction of sp³-hybridized carbons (Fsp3) is 0.160. The number of carbonyl (C=O) groups excluding carboxylic acids is 1. The number of hydrogen-bond donors (Lipinski definition) is 0. The van der Waals surface area contributed by atoms with E-state index >= 15 is 0 Å². The third-order valence-corrected chi connectivity index (χ3v) is 4.80. The van der Waals surface area contributed by atoms with Crippen LogP contribution in [0.15, 0.2) is 72.5 Å². The predicted molar refractivity (Wildman–Crippen MR) is 113 cm³/mol. The van der Waals surface area contributed by atoms with Crippen LogP contribution < -0.4 is 14.2 Å². The lowest BCUT2D eigenvalue weighted by Crippen LogP contribution is -2.05. The highest BCUT2D eigenvalue weighted by Gasteiger charge is 2.30. The van der Waals surface area contributed by atoms with Crippen LogP contribution in [0.3, 0.4) is 0 Å². The van der Waals surface area contributed by atoms with E-state index < -0.39 is 11.7 Å². The van der Waals surface area contributed by atoms with Gasteiger partial charge in [-0.15, -0.1) is 0 Å². The number of Topliss-reactive ketones (excluding diaryl/α,β-unsaturated/α-hetero) is 1. The van der Waals surface area contributed by atoms with Gasteiger partial charge in [-0.25, -0.2) is 0 Å². The average molecular weight is 440 g/mol. The van der Waals surface area contributed by atoms with E-state index in [9.17, 15) is 18.0 Å². The molecule has 0 bridgehead atoms. The molecule has 0 saturated heterocycles. The second-order valence-electron chi connectivity index (χ2n) is 7.09. The zero-order valence-corrected chi connectivity index (χ0v) is 17.1. The summed E-state index contributed by atoms with van der Waals surface area (Å²) in [4.78, 5) is 12.7. The summed E-state index contributed by atoms with van der Waals surface area (Å²) in [5.41, 5.74) is 1.06. The maximum absolute atomic E-state index is 12.7. The van der Waals surface area contributed by atoms with Gasteiger partial charge in [-0.1, -0.05) is 24.3 Å². The van der Waals surface area contributed by atoms with Gasteiger partial charge in [0, 0.05) is 6.07 Å². The molecule has 0 spiro atoms. The van der Waals surface area contributed by atoms with E-state index in [1.54, 1.807) is 24.3 Å². The van der Waals surface area contributed by atoms with Gasteiger partial charge in [0.1, 0.15) is 23.9 Å². The Morgan fingerprint density at radius 1 is 0.938 bits per heavy atom. The third-order valence-electron chi connectivity index (χ3n) is 4.80. The van der Waals surface area contributed by atoms with Gasteiger partial charge in [-0.05, 0) is 60.5 Å². The second-order valence-corrected chi connectivity index (χ2v) is 7.09. The Hall–Kier alpha value is -3.74. The van der Waals surface area contributed by atoms with Crippen LogP contribution in [0.25, 0.3) is 6.08 Å². The lowest BCUT2D eigenvalue weighted by molar-refractivity contribution is -0.137. The topological polar surface area (TPSA) is 44.8 Å². The summed E-state index contributed by atoms with van der Waals surface area (Å²) in [6, 6.07) is 16.9. The van der Waals surface area contributed by atoms with E-state index in [4.69, 9.17) is 14.2 Å². The van der Waals surface area contributed by atoms with E-state index in [2.05, 4.69) is 0 Å². The number of allylic oxidation sites excluding steroid dienone is 1. The molecule has 0 radical (unpaired) electrons. The van der Waals surface area contributed by atoms with Crippen LogP contribution in [0, 0.1) is 0 Å². The molecule has 0 amide bonds. The quantitative estimate of drug-likeness (QED) is 0.422. The third kappa shape index (κ3) is 4.77. The molecule has 7 heteroatoms. The monoisotopic (exact) mass is 440 g/mol. The zero-order valence-electron chi connectivity index (χ0n) is 17.1. The summed E-state index contributed by atoms with van der Waals surface area (Å²) >= 11 is 0. The smallest absolute Gasteiger partial charge is 0.416 e. The lowest BCUT2D eigenvalue weighted by atomic mass is 10.1. The van der Waals surface area contributed by atoms with Crippen molar-refractivity contribution in [1.29, 1.82) is 0 Å². The van der Waals surface area contributed by atoms with Crippen molar-refractivity contribution in [2.24, 2.45) is 0 Å². The van der Waals surface area contributed by atoms with Crippen molar-refractivity contribution < 1.29 is 32.2 Å². The molecule has 0 saturated carbocycles. The number of hydrogen-bond acceptors (Lipinski definition) is 4. The Balaban J connectivity index is 1.45. The standard InChI is InChI=1S/C25H19F3O4/c1-2-30-19-5-3-4-17(12-19)13-23-24(29)21-11-10-20(14-22(21)32-23)31-15-16-6-8-18(9-7-16)25(26,27)28/h3-14H,2,15H2,1H3. The van der Waals surface area contributed by atoms with Crippen molar-refractivity contribution in [3.63, 3.8) is 0 Å². The fourth-order valence-electron chi connectivity index (χ4n) is 3.23. The molecule has 1 aliphatic rings. The summed E-state index contributed by atoms with van der Waals surface area (Å²) < 4.78 is 54.9. The summed E-state index contributed by atoms with van der Waals surface area (Å²) in [5, 5.41) is 0. The number of rotatable bonds is 6. The molecule has 0 aliphatic carbocycles. The van der Waals surface area contributed by atoms with Crippen LogP contribution in [-0.2, 0) is 12.8 Å². The Morgan fingerprint density at radius 2 is 1.69 bits per heavy atom. The van der Waals surface area contributed by atoms with Gasteiger partial charge in [0.15, 0.2) is 5.76 Å². The maximum Gasteiger partial charge on any atom is 0.416 e. The van der Waals surface area contributed by atoms with Gasteiger partial charge in [-0.2, -0.15) is 13.2 Å². The first-order valence-corrected chi connectivity index (χ1v) is 9.93. The number of ether oxygens (including phenoxy) is 3. The fourth-order valence-corrected chi connectivity index (χ4v) is 3.23. The Kier molecular flexibility index (Phi) is 5.90. The number of ketones is 1. The molecular weight excluding hydrogens is 421 g/mol. The molecule has 4 rings (SSSR count). The highest BCUT2D eigenvalue weighted by molar-refractivity contribution is 6.14. The Bertz CT molecular complexity index is 1160. The van der Waals surface area contributed by atoms with E-state index in [-0.39, 0.29) is 18.1 Å². The molecule has 32 heavy (non-hydrogen) atoms. The maximum atomic E-state index is 12.7. The molecule has 0 N–H and O–H groups in total. The molecule has 164 valence electrons. The zero-order chi connectivity index (χ0) is 22.7. The lowest BCUT2D eigenvalue weighted by Gasteiger charge is -2.09. The highest BCUT2D eigenvalue weighted by atomic mass is 19.4. The van der Waals surface area contributed by atoms with Crippen molar-refractivity contribution in [2.45, 2.75) is 19.7 Å². The second kappa shape index (κ2) is 8.78. The van der Waals surface area contributed by atoms with E-state index in [1.807, 2.05) is 31.2 Å². The Labute approximate surface area is 182 Å². The number of benzene rings is 3. The van der Waals surface area contributed by atoms with Crippen LogP contribution in [0.5, 0.6) is 17.2 Å². The molecule has 1 heterocycles. The normalized spacial score (nSPS) is 14.2. The number of halogens is 3. The largest absolute Gasteiger partial charge is 0.494 e. The molecule has 4 nitrogen and oxygen atoms in total. The molecular formula is C25H19F3O4. The molecule has 0 aromatic heterocycles. The van der Waals surface area contributed by atoms with Crippen molar-refractivity contribution in [3.8, 4) is 17.2 Å². The SMILES string of the molecule is CCOc1cccc(C=C2Oc3cc(OCc4ccc(C(F)(F)F)cc4)ccc3C2=O)c1. The number of carbonyl (C=O) groups is 1. The average Bonchev–Trinajstić information content (AvgIpc) is 3.07. The predicted octanol–water partition coefficient (Wildman–Crippen LogP) is 6.30. The van der Waals surface area contributed by atoms with Gasteiger partial charge in [-0.3, -0.25) is 4.79 Å². The summed E-state index contributed by atoms with van der Waals surface area (Å²) in [6.07, 6.45) is -2.73. The molecule has 3 aromatic carbocycles. The molecule has 0 fully saturated rings. The minimum absolute atomic E-state index is 0.0811. The van der Waals surface area contributed by atoms with Crippen molar-refractivity contribution in [3.05, 3.63) is 94.7 Å². The van der Waals surface area contributed by atoms with Crippen LogP contribution in [0.1, 0.15) is 34.0 Å². The summed E-state index contributed by atoms with van der Waals surface area (Å²) in [7, 11) is 0. The molecule has 0 atom stereocenters. The van der Waals surface area contributed by atoms with Gasteiger partial charge in [0.25, 0.3) is 0 Å².